The second kappa shape index (κ2) is 6.99. The van der Waals surface area contributed by atoms with Gasteiger partial charge in [0.15, 0.2) is 0 Å². The monoisotopic (exact) mass is 374 g/mol. The highest BCUT2D eigenvalue weighted by molar-refractivity contribution is 5.65. The Balaban J connectivity index is 1.39. The molecule has 2 aliphatic carbocycles. The molecule has 1 aromatic carbocycles. The molecule has 0 bridgehead atoms. The number of fused-ring (bicyclic) bond motifs is 1. The molecule has 0 radical (unpaired) electrons. The van der Waals surface area contributed by atoms with Crippen molar-refractivity contribution in [3.8, 4) is 11.3 Å². The molecule has 1 aliphatic heterocycles. The van der Waals surface area contributed by atoms with E-state index in [9.17, 15) is 8.78 Å². The first-order valence-corrected chi connectivity index (χ1v) is 9.96. The van der Waals surface area contributed by atoms with Crippen LogP contribution >= 0.6 is 0 Å². The van der Waals surface area contributed by atoms with Crippen LogP contribution in [0, 0.1) is 23.5 Å². The molecular formula is C21H24F2N2O2. The highest BCUT2D eigenvalue weighted by Gasteiger charge is 2.36. The summed E-state index contributed by atoms with van der Waals surface area (Å²) in [4.78, 5) is 0. The molecule has 2 heterocycles. The van der Waals surface area contributed by atoms with Crippen LogP contribution in [0.1, 0.15) is 49.3 Å². The first-order valence-electron chi connectivity index (χ1n) is 9.96. The van der Waals surface area contributed by atoms with Crippen LogP contribution in [-0.2, 0) is 11.3 Å². The Morgan fingerprint density at radius 3 is 2.63 bits per heavy atom. The maximum Gasteiger partial charge on any atom is 0.145 e. The van der Waals surface area contributed by atoms with Gasteiger partial charge in [-0.15, -0.1) is 0 Å². The average molecular weight is 374 g/mol. The Labute approximate surface area is 157 Å². The van der Waals surface area contributed by atoms with Gasteiger partial charge in [-0.2, -0.15) is 0 Å². The van der Waals surface area contributed by atoms with Gasteiger partial charge in [0.1, 0.15) is 23.1 Å². The van der Waals surface area contributed by atoms with Gasteiger partial charge in [0.25, 0.3) is 0 Å². The summed E-state index contributed by atoms with van der Waals surface area (Å²) in [6.45, 7) is 2.48. The van der Waals surface area contributed by atoms with E-state index in [1.54, 1.807) is 0 Å². The molecule has 1 aromatic heterocycles. The summed E-state index contributed by atoms with van der Waals surface area (Å²) >= 11 is 0. The number of nitrogens with one attached hydrogen (secondary N) is 1. The van der Waals surface area contributed by atoms with Gasteiger partial charge in [0.2, 0.25) is 0 Å². The molecule has 3 aliphatic rings. The first-order chi connectivity index (χ1) is 13.2. The van der Waals surface area contributed by atoms with Gasteiger partial charge in [-0.3, -0.25) is 0 Å². The van der Waals surface area contributed by atoms with E-state index in [1.807, 2.05) is 0 Å². The highest BCUT2D eigenvalue weighted by atomic mass is 19.1. The van der Waals surface area contributed by atoms with Crippen molar-refractivity contribution in [1.29, 1.82) is 0 Å². The minimum absolute atomic E-state index is 0.115. The third-order valence-corrected chi connectivity index (χ3v) is 6.33. The molecule has 3 atom stereocenters. The largest absolute Gasteiger partial charge is 0.373 e. The fraction of sp³-hybridized carbons (Fsp3) is 0.571. The SMILES string of the molecule is Fc1cccc(F)c1-c1noc(C2CC2)c1CO[C@@H]1CC[C@H]2CNC[C@H]2C1. The van der Waals surface area contributed by atoms with Crippen molar-refractivity contribution < 1.29 is 18.0 Å². The van der Waals surface area contributed by atoms with Gasteiger partial charge in [0.05, 0.1) is 18.3 Å². The summed E-state index contributed by atoms with van der Waals surface area (Å²) < 4.78 is 40.4. The average Bonchev–Trinajstić information content (AvgIpc) is 3.25. The Kier molecular flexibility index (Phi) is 4.48. The fourth-order valence-corrected chi connectivity index (χ4v) is 4.66. The Bertz CT molecular complexity index is 813. The number of nitrogens with zero attached hydrogens (tertiary/aromatic N) is 1. The number of ether oxygens (including phenoxy) is 1. The van der Waals surface area contributed by atoms with E-state index in [4.69, 9.17) is 9.26 Å². The molecule has 3 fully saturated rings. The van der Waals surface area contributed by atoms with E-state index in [0.717, 1.165) is 50.5 Å². The van der Waals surface area contributed by atoms with Crippen molar-refractivity contribution in [2.24, 2.45) is 11.8 Å². The standard InChI is InChI=1S/C21H24F2N2O2/c22-17-2-1-3-18(23)19(17)20-16(21(27-25-20)12-4-5-12)11-26-15-7-6-13-9-24-10-14(13)8-15/h1-3,12-15,24H,4-11H2/t13-,14+,15+/m0/s1. The second-order valence-corrected chi connectivity index (χ2v) is 8.17. The van der Waals surface area contributed by atoms with Gasteiger partial charge in [-0.1, -0.05) is 11.2 Å². The van der Waals surface area contributed by atoms with Crippen LogP contribution < -0.4 is 5.32 Å². The third kappa shape index (κ3) is 3.29. The summed E-state index contributed by atoms with van der Waals surface area (Å²) in [6, 6.07) is 3.87. The molecule has 2 saturated carbocycles. The van der Waals surface area contributed by atoms with Gasteiger partial charge >= 0.3 is 0 Å². The van der Waals surface area contributed by atoms with Crippen molar-refractivity contribution in [2.75, 3.05) is 13.1 Å². The lowest BCUT2D eigenvalue weighted by atomic mass is 9.80. The molecule has 1 saturated heterocycles. The van der Waals surface area contributed by atoms with Gasteiger partial charge in [-0.05, 0) is 69.2 Å². The van der Waals surface area contributed by atoms with Crippen LogP contribution in [0.3, 0.4) is 0 Å². The topological polar surface area (TPSA) is 47.3 Å². The fourth-order valence-electron chi connectivity index (χ4n) is 4.66. The number of benzene rings is 1. The lowest BCUT2D eigenvalue weighted by Gasteiger charge is -2.31. The molecule has 5 rings (SSSR count). The van der Waals surface area contributed by atoms with Gasteiger partial charge in [0, 0.05) is 11.5 Å². The smallest absolute Gasteiger partial charge is 0.145 e. The van der Waals surface area contributed by atoms with E-state index in [-0.39, 0.29) is 17.4 Å². The predicted octanol–water partition coefficient (Wildman–Crippen LogP) is 4.40. The lowest BCUT2D eigenvalue weighted by Crippen LogP contribution is -2.28. The summed E-state index contributed by atoms with van der Waals surface area (Å²) in [7, 11) is 0. The number of hydrogen-bond donors (Lipinski definition) is 1. The molecule has 27 heavy (non-hydrogen) atoms. The quantitative estimate of drug-likeness (QED) is 0.843. The van der Waals surface area contributed by atoms with Gasteiger partial charge in [-0.25, -0.2) is 8.78 Å². The number of aromatic nitrogens is 1. The van der Waals surface area contributed by atoms with Crippen molar-refractivity contribution in [1.82, 2.24) is 10.5 Å². The summed E-state index contributed by atoms with van der Waals surface area (Å²) in [6.07, 6.45) is 5.50. The minimum Gasteiger partial charge on any atom is -0.373 e. The zero-order valence-electron chi connectivity index (χ0n) is 15.2. The number of hydrogen-bond acceptors (Lipinski definition) is 4. The van der Waals surface area contributed by atoms with Crippen LogP contribution in [-0.4, -0.2) is 24.4 Å². The van der Waals surface area contributed by atoms with E-state index in [2.05, 4.69) is 10.5 Å². The number of rotatable bonds is 5. The third-order valence-electron chi connectivity index (χ3n) is 6.33. The molecule has 4 nitrogen and oxygen atoms in total. The van der Waals surface area contributed by atoms with E-state index in [0.29, 0.717) is 24.0 Å². The normalized spacial score (nSPS) is 27.7. The number of halogens is 2. The molecule has 2 aromatic rings. The van der Waals surface area contributed by atoms with Crippen LogP contribution in [0.2, 0.25) is 0 Å². The summed E-state index contributed by atoms with van der Waals surface area (Å²) in [5.74, 6) is 1.25. The van der Waals surface area contributed by atoms with Crippen LogP contribution in [0.25, 0.3) is 11.3 Å². The summed E-state index contributed by atoms with van der Waals surface area (Å²) in [5.41, 5.74) is 0.854. The zero-order chi connectivity index (χ0) is 18.4. The molecular weight excluding hydrogens is 350 g/mol. The van der Waals surface area contributed by atoms with Crippen LogP contribution in [0.4, 0.5) is 8.78 Å². The second-order valence-electron chi connectivity index (χ2n) is 8.17. The molecule has 6 heteroatoms. The Morgan fingerprint density at radius 2 is 1.85 bits per heavy atom. The zero-order valence-corrected chi connectivity index (χ0v) is 15.2. The predicted molar refractivity (Wildman–Crippen MR) is 96.1 cm³/mol. The summed E-state index contributed by atoms with van der Waals surface area (Å²) in [5, 5.41) is 7.51. The highest BCUT2D eigenvalue weighted by Crippen LogP contribution is 2.45. The maximum absolute atomic E-state index is 14.3. The van der Waals surface area contributed by atoms with Crippen LogP contribution in [0.15, 0.2) is 22.7 Å². The van der Waals surface area contributed by atoms with Crippen LogP contribution in [0.5, 0.6) is 0 Å². The van der Waals surface area contributed by atoms with E-state index >= 15 is 0 Å². The maximum atomic E-state index is 14.3. The van der Waals surface area contributed by atoms with Crippen molar-refractivity contribution in [3.05, 3.63) is 41.2 Å². The van der Waals surface area contributed by atoms with E-state index in [1.165, 1.54) is 24.6 Å². The Morgan fingerprint density at radius 1 is 1.07 bits per heavy atom. The van der Waals surface area contributed by atoms with Crippen molar-refractivity contribution in [2.45, 2.75) is 50.7 Å². The first kappa shape index (κ1) is 17.3. The van der Waals surface area contributed by atoms with Crippen molar-refractivity contribution in [3.63, 3.8) is 0 Å². The molecule has 1 N–H and O–H groups in total. The molecule has 0 spiro atoms. The molecule has 0 unspecified atom stereocenters. The minimum atomic E-state index is -0.621. The lowest BCUT2D eigenvalue weighted by molar-refractivity contribution is -0.00497. The Hall–Kier alpha value is -1.79. The van der Waals surface area contributed by atoms with Crippen molar-refractivity contribution >= 4 is 0 Å². The van der Waals surface area contributed by atoms with Gasteiger partial charge < -0.3 is 14.6 Å². The molecule has 0 amide bonds. The molecule has 144 valence electrons. The van der Waals surface area contributed by atoms with E-state index < -0.39 is 11.6 Å².